The lowest BCUT2D eigenvalue weighted by atomic mass is 9.37. The van der Waals surface area contributed by atoms with Crippen LogP contribution in [-0.2, 0) is 52.2 Å². The van der Waals surface area contributed by atoms with Crippen molar-refractivity contribution in [2.75, 3.05) is 19.8 Å². The second-order valence-corrected chi connectivity index (χ2v) is 27.6. The fourth-order valence-electron chi connectivity index (χ4n) is 17.3. The average molecular weight is 1210 g/mol. The van der Waals surface area contributed by atoms with E-state index in [1.807, 2.05) is 6.92 Å². The molecule has 34 atom stereocenters. The van der Waals surface area contributed by atoms with E-state index in [1.54, 1.807) is 6.92 Å². The van der Waals surface area contributed by atoms with Crippen LogP contribution in [0.15, 0.2) is 11.6 Å². The summed E-state index contributed by atoms with van der Waals surface area (Å²) in [7, 11) is 0. The molecule has 9 fully saturated rings. The predicted molar refractivity (Wildman–Crippen MR) is 283 cm³/mol. The first-order valence-electron chi connectivity index (χ1n) is 30.3. The summed E-state index contributed by atoms with van der Waals surface area (Å²) < 4.78 is 61.1. The van der Waals surface area contributed by atoms with Crippen molar-refractivity contribution < 1.29 is 129 Å². The molecule has 10 aliphatic rings. The lowest BCUT2D eigenvalue weighted by Gasteiger charge is -2.68. The van der Waals surface area contributed by atoms with Gasteiger partial charge in [0.15, 0.2) is 31.3 Å². The van der Waals surface area contributed by atoms with Gasteiger partial charge in [-0.2, -0.15) is 0 Å². The van der Waals surface area contributed by atoms with E-state index in [9.17, 15) is 76.6 Å². The number of fused-ring (bicyclic) bond motifs is 7. The Morgan fingerprint density at radius 1 is 0.548 bits per heavy atom. The third-order valence-electron chi connectivity index (χ3n) is 22.7. The van der Waals surface area contributed by atoms with Gasteiger partial charge in [-0.25, -0.2) is 0 Å². The van der Waals surface area contributed by atoms with Gasteiger partial charge in [-0.3, -0.25) is 4.79 Å². The molecule has 0 aromatic rings. The average Bonchev–Trinajstić information content (AvgIpc) is 0.931. The standard InChI is InChI=1S/C58H94O26/c1-22-13-16-58(53(73)84-52-45(40(69)36(65)30(20-60)79-52)82-48-41(70)37(66)33(62)23(2)76-48)18-17-55(6)25-11-12-31-54(4,5)32(14-15-56(31,7)26(25)9-10-27(55)47(58)57(22,8)74)80-51-46(83-49-42(71)38(67)34(63)24(3)77-49)44(28(61)21-75-51)81-50-43(72)39(68)35(64)29(19-59)78-50/h10,22-26,28-52,59-72,74H,9,11-21H2,1-8H3/t22-,23+,24+,25?,26?,28+,29-,30-,31?,32?,33+,34+,35-,36-,37-,38-,39+,40+,41-,42-,43-,44+,45-,46-,47?,48+,49+,50+,51+,52+,55+,56-,57-,58+/m1/s1. The van der Waals surface area contributed by atoms with Crippen molar-refractivity contribution in [3.8, 4) is 0 Å². The highest BCUT2D eigenvalue weighted by Crippen LogP contribution is 2.72. The molecular formula is C58H94O26. The van der Waals surface area contributed by atoms with Crippen LogP contribution in [0.25, 0.3) is 0 Å². The summed E-state index contributed by atoms with van der Waals surface area (Å²) in [6.07, 6.45) is -31.4. The molecular weight excluding hydrogens is 1110 g/mol. The lowest BCUT2D eigenvalue weighted by Crippen LogP contribution is -2.67. The van der Waals surface area contributed by atoms with Crippen molar-refractivity contribution in [3.05, 3.63) is 11.6 Å². The molecule has 15 N–H and O–H groups in total. The van der Waals surface area contributed by atoms with Gasteiger partial charge in [-0.05, 0) is 118 Å². The van der Waals surface area contributed by atoms with Crippen LogP contribution in [0.2, 0.25) is 0 Å². The van der Waals surface area contributed by atoms with Gasteiger partial charge < -0.3 is 124 Å². The zero-order valence-corrected chi connectivity index (χ0v) is 49.1. The normalized spacial score (nSPS) is 55.8. The molecule has 0 aromatic heterocycles. The smallest absolute Gasteiger partial charge is 0.315 e. The Morgan fingerprint density at radius 2 is 1.08 bits per heavy atom. The summed E-state index contributed by atoms with van der Waals surface area (Å²) in [5, 5.41) is 164. The largest absolute Gasteiger partial charge is 0.432 e. The molecule has 0 bridgehead atoms. The van der Waals surface area contributed by atoms with Crippen LogP contribution >= 0.6 is 0 Å². The van der Waals surface area contributed by atoms with Crippen LogP contribution < -0.4 is 0 Å². The van der Waals surface area contributed by atoms with Crippen molar-refractivity contribution in [1.82, 2.24) is 0 Å². The summed E-state index contributed by atoms with van der Waals surface area (Å²) in [5.74, 6) is -1.44. The highest BCUT2D eigenvalue weighted by Gasteiger charge is 2.70. The van der Waals surface area contributed by atoms with E-state index in [0.717, 1.165) is 18.4 Å². The van der Waals surface area contributed by atoms with Gasteiger partial charge >= 0.3 is 5.97 Å². The molecule has 5 aliphatic carbocycles. The molecule has 0 amide bonds. The summed E-state index contributed by atoms with van der Waals surface area (Å²) in [6.45, 7) is 13.6. The van der Waals surface area contributed by atoms with Crippen LogP contribution in [0.1, 0.15) is 113 Å². The number of hydrogen-bond acceptors (Lipinski definition) is 26. The van der Waals surface area contributed by atoms with Crippen molar-refractivity contribution in [2.24, 2.45) is 51.2 Å². The number of ether oxygens (including phenoxy) is 10. The van der Waals surface area contributed by atoms with Gasteiger partial charge in [0.05, 0.1) is 49.1 Å². The van der Waals surface area contributed by atoms with Gasteiger partial charge in [-0.15, -0.1) is 0 Å². The van der Waals surface area contributed by atoms with Crippen LogP contribution in [0.4, 0.5) is 0 Å². The van der Waals surface area contributed by atoms with Gasteiger partial charge in [0, 0.05) is 5.92 Å². The van der Waals surface area contributed by atoms with E-state index in [2.05, 4.69) is 33.8 Å². The molecule has 5 unspecified atom stereocenters. The van der Waals surface area contributed by atoms with E-state index in [4.69, 9.17) is 47.4 Å². The third-order valence-corrected chi connectivity index (χ3v) is 22.7. The Labute approximate surface area is 488 Å². The Balaban J connectivity index is 0.903. The Hall–Kier alpha value is -1.75. The van der Waals surface area contributed by atoms with Crippen molar-refractivity contribution in [3.63, 3.8) is 0 Å². The van der Waals surface area contributed by atoms with Crippen LogP contribution in [0.3, 0.4) is 0 Å². The van der Waals surface area contributed by atoms with Gasteiger partial charge in [0.1, 0.15) is 97.7 Å². The molecule has 5 heterocycles. The fourth-order valence-corrected chi connectivity index (χ4v) is 17.3. The van der Waals surface area contributed by atoms with E-state index < -0.39 is 200 Å². The van der Waals surface area contributed by atoms with Crippen LogP contribution in [-0.4, -0.2) is 262 Å². The Bertz CT molecular complexity index is 2330. The maximum absolute atomic E-state index is 15.4. The highest BCUT2D eigenvalue weighted by atomic mass is 16.8. The van der Waals surface area contributed by atoms with Gasteiger partial charge in [0.2, 0.25) is 6.29 Å². The van der Waals surface area contributed by atoms with Gasteiger partial charge in [0.25, 0.3) is 0 Å². The number of esters is 1. The molecule has 0 spiro atoms. The molecule has 26 heteroatoms. The highest BCUT2D eigenvalue weighted by molar-refractivity contribution is 5.79. The van der Waals surface area contributed by atoms with E-state index in [0.29, 0.717) is 44.9 Å². The predicted octanol–water partition coefficient (Wildman–Crippen LogP) is -2.94. The van der Waals surface area contributed by atoms with Crippen molar-refractivity contribution in [1.29, 1.82) is 0 Å². The lowest BCUT2D eigenvalue weighted by molar-refractivity contribution is -0.388. The minimum absolute atomic E-state index is 0.0497. The minimum Gasteiger partial charge on any atom is -0.432 e. The second-order valence-electron chi connectivity index (χ2n) is 27.6. The molecule has 0 radical (unpaired) electrons. The number of rotatable bonds is 12. The molecule has 84 heavy (non-hydrogen) atoms. The number of carbonyl (C=O) groups excluding carboxylic acids is 1. The number of hydrogen-bond donors (Lipinski definition) is 15. The molecule has 26 nitrogen and oxygen atoms in total. The van der Waals surface area contributed by atoms with Crippen molar-refractivity contribution >= 4 is 5.97 Å². The molecule has 0 aromatic carbocycles. The maximum atomic E-state index is 15.4. The maximum Gasteiger partial charge on any atom is 0.315 e. The summed E-state index contributed by atoms with van der Waals surface area (Å²) in [5.41, 5.74) is -3.13. The van der Waals surface area contributed by atoms with Crippen molar-refractivity contribution in [2.45, 2.75) is 272 Å². The van der Waals surface area contributed by atoms with E-state index in [1.165, 1.54) is 13.8 Å². The molecule has 10 rings (SSSR count). The monoisotopic (exact) mass is 1210 g/mol. The number of aliphatic hydroxyl groups excluding tert-OH is 14. The number of carbonyl (C=O) groups is 1. The topological polar surface area (TPSA) is 413 Å². The zero-order chi connectivity index (χ0) is 61.2. The van der Waals surface area contributed by atoms with Crippen LogP contribution in [0, 0.1) is 51.2 Å². The number of aliphatic hydroxyl groups is 15. The van der Waals surface area contributed by atoms with E-state index in [-0.39, 0.29) is 35.7 Å². The third kappa shape index (κ3) is 10.8. The van der Waals surface area contributed by atoms with E-state index >= 15 is 4.79 Å². The van der Waals surface area contributed by atoms with Crippen LogP contribution in [0.5, 0.6) is 0 Å². The second kappa shape index (κ2) is 24.1. The molecule has 482 valence electrons. The molecule has 4 saturated carbocycles. The first-order chi connectivity index (χ1) is 39.4. The first-order valence-corrected chi connectivity index (χ1v) is 30.3. The zero-order valence-electron chi connectivity index (χ0n) is 49.1. The molecule has 5 aliphatic heterocycles. The fraction of sp³-hybridized carbons (Fsp3) is 0.948. The quantitative estimate of drug-likeness (QED) is 0.0528. The minimum atomic E-state index is -1.86. The summed E-state index contributed by atoms with van der Waals surface area (Å²) >= 11 is 0. The molecule has 5 saturated heterocycles. The Kier molecular flexibility index (Phi) is 18.7. The first kappa shape index (κ1) is 65.2. The SMILES string of the molecule is C[C@@H]1O[C@@H](O[C@H]2[C@H](OC(=O)[C@]34CC[C@@H](C)[C@@](C)(O)C3C3=CCC5C(CCC6C(C)(C)C(O[C@@H]7OC[C@H](O)[C@H](O[C@@H]8O[C@H](CO)[C@@H](O)[C@H](O)[C@H]8O)[C@H]7O[C@@H]7O[C@@H](C)[C@H](O)[C@@H](O)[C@H]7O)CC[C@]56C)[C@]3(C)CC4)O[C@H](CO)[C@@H](O)[C@@H]2O)[C@H](O)[C@H](O)[C@H]1O. The van der Waals surface area contributed by atoms with Gasteiger partial charge in [-0.1, -0.05) is 46.3 Å². The summed E-state index contributed by atoms with van der Waals surface area (Å²) in [6, 6.07) is 0. The Morgan fingerprint density at radius 3 is 1.68 bits per heavy atom. The summed E-state index contributed by atoms with van der Waals surface area (Å²) in [4.78, 5) is 15.4. The number of allylic oxidation sites excluding steroid dienone is 1.